The summed E-state index contributed by atoms with van der Waals surface area (Å²) in [5.41, 5.74) is 1.78. The molecule has 3 aromatic rings. The molecule has 2 N–H and O–H groups in total. The summed E-state index contributed by atoms with van der Waals surface area (Å²) in [5.74, 6) is -0.0237. The Kier molecular flexibility index (Phi) is 5.26. The Morgan fingerprint density at radius 1 is 1.04 bits per heavy atom. The molecule has 4 nitrogen and oxygen atoms in total. The highest BCUT2D eigenvalue weighted by atomic mass is 35.5. The number of nitrogens with zero attached hydrogens (tertiary/aromatic N) is 1. The first-order valence-electron chi connectivity index (χ1n) is 7.62. The molecule has 1 heterocycles. The van der Waals surface area contributed by atoms with Crippen LogP contribution in [0.25, 0.3) is 0 Å². The molecule has 0 spiro atoms. The highest BCUT2D eigenvalue weighted by molar-refractivity contribution is 6.30. The Labute approximate surface area is 149 Å². The molecule has 0 unspecified atom stereocenters. The average Bonchev–Trinajstić information content (AvgIpc) is 2.61. The van der Waals surface area contributed by atoms with Crippen LogP contribution in [-0.2, 0) is 11.2 Å². The molecule has 126 valence electrons. The molecular formula is C19H15ClFN3O. The third kappa shape index (κ3) is 4.78. The third-order valence-electron chi connectivity index (χ3n) is 3.46. The number of hydrogen-bond acceptors (Lipinski definition) is 3. The largest absolute Gasteiger partial charge is 0.338 e. The number of aromatic nitrogens is 1. The normalized spacial score (nSPS) is 10.3. The van der Waals surface area contributed by atoms with Crippen molar-refractivity contribution in [1.29, 1.82) is 0 Å². The SMILES string of the molecule is O=C(Cc1ccc(Cl)cc1)Nc1ccc(Nc2ccccc2F)nc1. The van der Waals surface area contributed by atoms with Crippen LogP contribution in [0.2, 0.25) is 5.02 Å². The van der Waals surface area contributed by atoms with Gasteiger partial charge in [-0.3, -0.25) is 4.79 Å². The molecule has 1 amide bonds. The highest BCUT2D eigenvalue weighted by Crippen LogP contribution is 2.19. The van der Waals surface area contributed by atoms with E-state index in [1.807, 2.05) is 12.1 Å². The summed E-state index contributed by atoms with van der Waals surface area (Å²) in [6, 6.07) is 16.8. The predicted octanol–water partition coefficient (Wildman–Crippen LogP) is 4.80. The van der Waals surface area contributed by atoms with Crippen LogP contribution >= 0.6 is 11.6 Å². The zero-order chi connectivity index (χ0) is 17.6. The number of halogens is 2. The number of pyridine rings is 1. The van der Waals surface area contributed by atoms with Gasteiger partial charge >= 0.3 is 0 Å². The van der Waals surface area contributed by atoms with E-state index in [0.717, 1.165) is 5.56 Å². The van der Waals surface area contributed by atoms with Gasteiger partial charge < -0.3 is 10.6 Å². The Morgan fingerprint density at radius 2 is 1.80 bits per heavy atom. The maximum absolute atomic E-state index is 13.6. The number of nitrogens with one attached hydrogen (secondary N) is 2. The molecule has 1 aromatic heterocycles. The summed E-state index contributed by atoms with van der Waals surface area (Å²) >= 11 is 5.82. The van der Waals surface area contributed by atoms with Crippen molar-refractivity contribution in [1.82, 2.24) is 4.98 Å². The van der Waals surface area contributed by atoms with Crippen LogP contribution in [0.1, 0.15) is 5.56 Å². The van der Waals surface area contributed by atoms with Crippen molar-refractivity contribution in [3.05, 3.63) is 83.3 Å². The van der Waals surface area contributed by atoms with Crippen molar-refractivity contribution in [2.75, 3.05) is 10.6 Å². The van der Waals surface area contributed by atoms with Crippen LogP contribution in [0.5, 0.6) is 0 Å². The van der Waals surface area contributed by atoms with Crippen molar-refractivity contribution in [3.8, 4) is 0 Å². The summed E-state index contributed by atoms with van der Waals surface area (Å²) in [6.07, 6.45) is 1.76. The molecule has 2 aromatic carbocycles. The van der Waals surface area contributed by atoms with Crippen molar-refractivity contribution in [3.63, 3.8) is 0 Å². The van der Waals surface area contributed by atoms with Gasteiger partial charge in [0.2, 0.25) is 5.91 Å². The molecule has 0 saturated heterocycles. The molecule has 0 aliphatic heterocycles. The van der Waals surface area contributed by atoms with Crippen molar-refractivity contribution < 1.29 is 9.18 Å². The van der Waals surface area contributed by atoms with E-state index in [2.05, 4.69) is 15.6 Å². The lowest BCUT2D eigenvalue weighted by atomic mass is 10.1. The molecule has 0 bridgehead atoms. The topological polar surface area (TPSA) is 54.0 Å². The van der Waals surface area contributed by atoms with Gasteiger partial charge in [0.15, 0.2) is 0 Å². The molecule has 0 fully saturated rings. The van der Waals surface area contributed by atoms with Crippen LogP contribution in [0.4, 0.5) is 21.6 Å². The summed E-state index contributed by atoms with van der Waals surface area (Å²) in [4.78, 5) is 16.2. The number of benzene rings is 2. The molecule has 0 aliphatic carbocycles. The van der Waals surface area contributed by atoms with Crippen LogP contribution < -0.4 is 10.6 Å². The van der Waals surface area contributed by atoms with Crippen molar-refractivity contribution in [2.45, 2.75) is 6.42 Å². The van der Waals surface area contributed by atoms with Gasteiger partial charge in [-0.05, 0) is 42.0 Å². The number of anilines is 3. The minimum absolute atomic E-state index is 0.154. The summed E-state index contributed by atoms with van der Waals surface area (Å²) in [7, 11) is 0. The zero-order valence-electron chi connectivity index (χ0n) is 13.2. The monoisotopic (exact) mass is 355 g/mol. The molecule has 0 aliphatic rings. The van der Waals surface area contributed by atoms with Crippen LogP contribution in [0, 0.1) is 5.82 Å². The third-order valence-corrected chi connectivity index (χ3v) is 3.71. The number of hydrogen-bond donors (Lipinski definition) is 2. The van der Waals surface area contributed by atoms with E-state index in [1.165, 1.54) is 12.3 Å². The van der Waals surface area contributed by atoms with E-state index in [1.54, 1.807) is 42.5 Å². The minimum Gasteiger partial charge on any atom is -0.338 e. The first-order chi connectivity index (χ1) is 12.1. The van der Waals surface area contributed by atoms with Gasteiger partial charge in [0.1, 0.15) is 11.6 Å². The van der Waals surface area contributed by atoms with E-state index in [9.17, 15) is 9.18 Å². The molecule has 0 radical (unpaired) electrons. The smallest absolute Gasteiger partial charge is 0.228 e. The van der Waals surface area contributed by atoms with Gasteiger partial charge in [0, 0.05) is 5.02 Å². The van der Waals surface area contributed by atoms with Gasteiger partial charge in [0.25, 0.3) is 0 Å². The predicted molar refractivity (Wildman–Crippen MR) is 97.7 cm³/mol. The zero-order valence-corrected chi connectivity index (χ0v) is 13.9. The standard InChI is InChI=1S/C19H15ClFN3O/c20-14-7-5-13(6-8-14)11-19(25)23-15-9-10-18(22-12-15)24-17-4-2-1-3-16(17)21/h1-10,12H,11H2,(H,22,24)(H,23,25). The second kappa shape index (κ2) is 7.77. The van der Waals surface area contributed by atoms with Gasteiger partial charge in [0.05, 0.1) is 24.0 Å². The summed E-state index contributed by atoms with van der Waals surface area (Å²) in [5, 5.41) is 6.29. The summed E-state index contributed by atoms with van der Waals surface area (Å²) in [6.45, 7) is 0. The van der Waals surface area contributed by atoms with Crippen LogP contribution in [0.15, 0.2) is 66.9 Å². The van der Waals surface area contributed by atoms with Gasteiger partial charge in [-0.15, -0.1) is 0 Å². The van der Waals surface area contributed by atoms with Gasteiger partial charge in [-0.1, -0.05) is 35.9 Å². The molecule has 3 rings (SSSR count). The number of carbonyl (C=O) groups excluding carboxylic acids is 1. The average molecular weight is 356 g/mol. The lowest BCUT2D eigenvalue weighted by Crippen LogP contribution is -2.14. The van der Waals surface area contributed by atoms with Crippen LogP contribution in [-0.4, -0.2) is 10.9 Å². The second-order valence-electron chi connectivity index (χ2n) is 5.39. The van der Waals surface area contributed by atoms with Crippen LogP contribution in [0.3, 0.4) is 0 Å². The van der Waals surface area contributed by atoms with E-state index >= 15 is 0 Å². The van der Waals surface area contributed by atoms with E-state index in [0.29, 0.717) is 22.2 Å². The molecule has 6 heteroatoms. The van der Waals surface area contributed by atoms with Crippen molar-refractivity contribution >= 4 is 34.7 Å². The first kappa shape index (κ1) is 16.9. The quantitative estimate of drug-likeness (QED) is 0.691. The molecule has 0 atom stereocenters. The van der Waals surface area contributed by atoms with E-state index < -0.39 is 0 Å². The molecular weight excluding hydrogens is 341 g/mol. The van der Waals surface area contributed by atoms with Crippen molar-refractivity contribution in [2.24, 2.45) is 0 Å². The first-order valence-corrected chi connectivity index (χ1v) is 8.00. The second-order valence-corrected chi connectivity index (χ2v) is 5.82. The number of amides is 1. The van der Waals surface area contributed by atoms with E-state index in [-0.39, 0.29) is 18.1 Å². The number of rotatable bonds is 5. The Hall–Kier alpha value is -2.92. The maximum Gasteiger partial charge on any atom is 0.228 e. The number of carbonyl (C=O) groups is 1. The fourth-order valence-electron chi connectivity index (χ4n) is 2.24. The lowest BCUT2D eigenvalue weighted by Gasteiger charge is -2.08. The lowest BCUT2D eigenvalue weighted by molar-refractivity contribution is -0.115. The number of para-hydroxylation sites is 1. The molecule has 0 saturated carbocycles. The Morgan fingerprint density at radius 3 is 2.48 bits per heavy atom. The maximum atomic E-state index is 13.6. The molecule has 25 heavy (non-hydrogen) atoms. The summed E-state index contributed by atoms with van der Waals surface area (Å²) < 4.78 is 13.6. The highest BCUT2D eigenvalue weighted by Gasteiger charge is 2.06. The van der Waals surface area contributed by atoms with Gasteiger partial charge in [-0.25, -0.2) is 9.37 Å². The van der Waals surface area contributed by atoms with Gasteiger partial charge in [-0.2, -0.15) is 0 Å². The fraction of sp³-hybridized carbons (Fsp3) is 0.0526. The fourth-order valence-corrected chi connectivity index (χ4v) is 2.36. The Bertz CT molecular complexity index is 867. The Balaban J connectivity index is 1.59. The van der Waals surface area contributed by atoms with E-state index in [4.69, 9.17) is 11.6 Å². The minimum atomic E-state index is -0.357.